The molecule has 7 nitrogen and oxygen atoms in total. The van der Waals surface area contributed by atoms with E-state index in [0.29, 0.717) is 12.5 Å². The highest BCUT2D eigenvalue weighted by molar-refractivity contribution is 5.70. The third-order valence-corrected chi connectivity index (χ3v) is 5.22. The Morgan fingerprint density at radius 1 is 1.20 bits per heavy atom. The number of pyridine rings is 1. The molecule has 2 aromatic heterocycles. The maximum atomic E-state index is 6.19. The van der Waals surface area contributed by atoms with E-state index in [0.717, 1.165) is 60.7 Å². The van der Waals surface area contributed by atoms with E-state index in [9.17, 15) is 0 Å². The molecule has 1 N–H and O–H groups in total. The molecule has 1 aliphatic heterocycles. The molecule has 158 valence electrons. The Balaban J connectivity index is 1.58. The molecule has 0 radical (unpaired) electrons. The molecule has 1 aliphatic rings. The van der Waals surface area contributed by atoms with Gasteiger partial charge in [-0.3, -0.25) is 10.00 Å². The topological polar surface area (TPSA) is 72.5 Å². The number of H-pyrrole nitrogens is 1. The Bertz CT molecular complexity index is 939. The Labute approximate surface area is 177 Å². The first-order valence-corrected chi connectivity index (χ1v) is 10.3. The second-order valence-electron chi connectivity index (χ2n) is 7.58. The molecule has 1 saturated heterocycles. The van der Waals surface area contributed by atoms with E-state index in [4.69, 9.17) is 14.2 Å². The van der Waals surface area contributed by atoms with Crippen molar-refractivity contribution in [2.24, 2.45) is 0 Å². The molecule has 0 amide bonds. The second-order valence-corrected chi connectivity index (χ2v) is 7.58. The van der Waals surface area contributed by atoms with Gasteiger partial charge in [0, 0.05) is 48.9 Å². The van der Waals surface area contributed by atoms with Crippen LogP contribution < -0.4 is 9.47 Å². The van der Waals surface area contributed by atoms with E-state index in [1.54, 1.807) is 19.5 Å². The summed E-state index contributed by atoms with van der Waals surface area (Å²) in [4.78, 5) is 6.56. The molecule has 1 unspecified atom stereocenters. The van der Waals surface area contributed by atoms with E-state index in [2.05, 4.69) is 39.3 Å². The molecule has 1 fully saturated rings. The highest BCUT2D eigenvalue weighted by atomic mass is 16.5. The summed E-state index contributed by atoms with van der Waals surface area (Å²) >= 11 is 0. The van der Waals surface area contributed by atoms with Crippen LogP contribution in [0.15, 0.2) is 48.8 Å². The monoisotopic (exact) mass is 408 g/mol. The van der Waals surface area contributed by atoms with Crippen LogP contribution >= 0.6 is 0 Å². The van der Waals surface area contributed by atoms with Crippen LogP contribution in [0.1, 0.15) is 24.1 Å². The van der Waals surface area contributed by atoms with Gasteiger partial charge in [-0.1, -0.05) is 6.07 Å². The van der Waals surface area contributed by atoms with Crippen LogP contribution in [0.4, 0.5) is 0 Å². The van der Waals surface area contributed by atoms with Gasteiger partial charge < -0.3 is 14.2 Å². The lowest BCUT2D eigenvalue weighted by Crippen LogP contribution is -2.20. The fourth-order valence-corrected chi connectivity index (χ4v) is 3.75. The second kappa shape index (κ2) is 9.73. The number of benzene rings is 1. The predicted molar refractivity (Wildman–Crippen MR) is 114 cm³/mol. The quantitative estimate of drug-likeness (QED) is 0.582. The minimum atomic E-state index is 0.179. The Hall–Kier alpha value is -2.90. The maximum Gasteiger partial charge on any atom is 0.221 e. The molecule has 3 heterocycles. The van der Waals surface area contributed by atoms with Crippen molar-refractivity contribution in [3.63, 3.8) is 0 Å². The predicted octanol–water partition coefficient (Wildman–Crippen LogP) is 3.67. The summed E-state index contributed by atoms with van der Waals surface area (Å²) in [5, 5.41) is 7.05. The van der Waals surface area contributed by atoms with Crippen molar-refractivity contribution in [2.45, 2.75) is 32.0 Å². The number of aromatic nitrogens is 3. The molecule has 0 saturated carbocycles. The highest BCUT2D eigenvalue weighted by Crippen LogP contribution is 2.32. The minimum Gasteiger partial charge on any atom is -0.491 e. The molecular weight excluding hydrogens is 380 g/mol. The number of nitrogens with zero attached hydrogens (tertiary/aromatic N) is 3. The van der Waals surface area contributed by atoms with E-state index in [1.165, 1.54) is 0 Å². The van der Waals surface area contributed by atoms with Gasteiger partial charge in [0.25, 0.3) is 0 Å². The number of rotatable bonds is 9. The molecule has 0 spiro atoms. The van der Waals surface area contributed by atoms with Crippen molar-refractivity contribution < 1.29 is 14.2 Å². The van der Waals surface area contributed by atoms with Gasteiger partial charge in [0.15, 0.2) is 0 Å². The molecule has 3 aromatic rings. The molecule has 7 heteroatoms. The Morgan fingerprint density at radius 2 is 2.13 bits per heavy atom. The van der Waals surface area contributed by atoms with Gasteiger partial charge in [-0.25, -0.2) is 4.98 Å². The van der Waals surface area contributed by atoms with Gasteiger partial charge in [-0.05, 0) is 55.8 Å². The van der Waals surface area contributed by atoms with Gasteiger partial charge in [0.1, 0.15) is 12.4 Å². The fourth-order valence-electron chi connectivity index (χ4n) is 3.75. The Kier molecular flexibility index (Phi) is 6.61. The average molecular weight is 409 g/mol. The lowest BCUT2D eigenvalue weighted by atomic mass is 10.0. The summed E-state index contributed by atoms with van der Waals surface area (Å²) in [5.74, 6) is 1.50. The van der Waals surface area contributed by atoms with Crippen molar-refractivity contribution in [1.82, 2.24) is 20.1 Å². The van der Waals surface area contributed by atoms with Crippen molar-refractivity contribution in [2.75, 3.05) is 27.4 Å². The fraction of sp³-hybridized carbons (Fsp3) is 0.391. The lowest BCUT2D eigenvalue weighted by Gasteiger charge is -2.20. The maximum absolute atomic E-state index is 6.19. The van der Waals surface area contributed by atoms with Crippen LogP contribution in [0.25, 0.3) is 11.1 Å². The molecule has 0 aliphatic carbocycles. The van der Waals surface area contributed by atoms with E-state index >= 15 is 0 Å². The SMILES string of the molecule is COc1ncccc1-c1ccc(OCC2CCCO2)c(CN(C)Cc2ccn[nH]2)c1. The van der Waals surface area contributed by atoms with Crippen LogP contribution in [0.5, 0.6) is 11.6 Å². The normalized spacial score (nSPS) is 16.2. The summed E-state index contributed by atoms with van der Waals surface area (Å²) in [6, 6.07) is 12.2. The first-order chi connectivity index (χ1) is 14.7. The smallest absolute Gasteiger partial charge is 0.221 e. The summed E-state index contributed by atoms with van der Waals surface area (Å²) in [6.45, 7) is 2.91. The highest BCUT2D eigenvalue weighted by Gasteiger charge is 2.18. The van der Waals surface area contributed by atoms with Gasteiger partial charge in [-0.2, -0.15) is 5.10 Å². The van der Waals surface area contributed by atoms with Gasteiger partial charge in [-0.15, -0.1) is 0 Å². The summed E-state index contributed by atoms with van der Waals surface area (Å²) in [5.41, 5.74) is 4.19. The van der Waals surface area contributed by atoms with Crippen molar-refractivity contribution in [3.8, 4) is 22.8 Å². The van der Waals surface area contributed by atoms with Crippen LogP contribution in [-0.4, -0.2) is 53.6 Å². The molecular formula is C23H28N4O3. The van der Waals surface area contributed by atoms with E-state index < -0.39 is 0 Å². The van der Waals surface area contributed by atoms with Crippen molar-refractivity contribution >= 4 is 0 Å². The lowest BCUT2D eigenvalue weighted by molar-refractivity contribution is 0.0673. The van der Waals surface area contributed by atoms with Crippen LogP contribution in [0, 0.1) is 0 Å². The van der Waals surface area contributed by atoms with Crippen molar-refractivity contribution in [1.29, 1.82) is 0 Å². The molecule has 30 heavy (non-hydrogen) atoms. The zero-order chi connectivity index (χ0) is 20.8. The number of hydrogen-bond acceptors (Lipinski definition) is 6. The summed E-state index contributed by atoms with van der Waals surface area (Å²) in [6.07, 6.45) is 5.85. The third-order valence-electron chi connectivity index (χ3n) is 5.22. The summed E-state index contributed by atoms with van der Waals surface area (Å²) < 4.78 is 17.4. The largest absolute Gasteiger partial charge is 0.491 e. The number of hydrogen-bond donors (Lipinski definition) is 1. The molecule has 0 bridgehead atoms. The standard InChI is InChI=1S/C23H28N4O3/c1-27(15-19-9-11-25-26-19)14-18-13-17(21-6-3-10-24-23(21)28-2)7-8-22(18)30-16-20-5-4-12-29-20/h3,6-11,13,20H,4-5,12,14-16H2,1-2H3,(H,25,26). The molecule has 4 rings (SSSR count). The van der Waals surface area contributed by atoms with Crippen LogP contribution in [0.2, 0.25) is 0 Å². The van der Waals surface area contributed by atoms with Crippen LogP contribution in [0.3, 0.4) is 0 Å². The van der Waals surface area contributed by atoms with Crippen LogP contribution in [-0.2, 0) is 17.8 Å². The first kappa shape index (κ1) is 20.4. The number of nitrogens with one attached hydrogen (secondary N) is 1. The molecule has 1 aromatic carbocycles. The molecule has 1 atom stereocenters. The Morgan fingerprint density at radius 3 is 2.90 bits per heavy atom. The summed E-state index contributed by atoms with van der Waals surface area (Å²) in [7, 11) is 3.73. The average Bonchev–Trinajstić information content (AvgIpc) is 3.47. The first-order valence-electron chi connectivity index (χ1n) is 10.3. The minimum absolute atomic E-state index is 0.179. The van der Waals surface area contributed by atoms with Gasteiger partial charge >= 0.3 is 0 Å². The zero-order valence-corrected chi connectivity index (χ0v) is 17.5. The number of ether oxygens (including phenoxy) is 3. The van der Waals surface area contributed by atoms with Gasteiger partial charge in [0.2, 0.25) is 5.88 Å². The zero-order valence-electron chi connectivity index (χ0n) is 17.5. The van der Waals surface area contributed by atoms with Crippen molar-refractivity contribution in [3.05, 3.63) is 60.0 Å². The van der Waals surface area contributed by atoms with E-state index in [-0.39, 0.29) is 6.10 Å². The third kappa shape index (κ3) is 4.98. The van der Waals surface area contributed by atoms with Gasteiger partial charge in [0.05, 0.1) is 13.2 Å². The number of aromatic amines is 1. The number of methoxy groups -OCH3 is 1. The van der Waals surface area contributed by atoms with E-state index in [1.807, 2.05) is 24.3 Å².